The highest BCUT2D eigenvalue weighted by molar-refractivity contribution is 5.97. The van der Waals surface area contributed by atoms with Gasteiger partial charge in [0, 0.05) is 44.4 Å². The van der Waals surface area contributed by atoms with E-state index >= 15 is 0 Å². The van der Waals surface area contributed by atoms with Crippen LogP contribution < -0.4 is 4.74 Å². The summed E-state index contributed by atoms with van der Waals surface area (Å²) in [7, 11) is 1.71. The third kappa shape index (κ3) is 5.42. The number of ether oxygens (including phenoxy) is 1. The molecule has 3 heterocycles. The molecule has 0 aromatic carbocycles. The second-order valence-corrected chi connectivity index (χ2v) is 8.06. The molecule has 0 fully saturated rings. The fraction of sp³-hybridized carbons (Fsp3) is 0.417. The van der Waals surface area contributed by atoms with E-state index in [-0.39, 0.29) is 47.9 Å². The third-order valence-corrected chi connectivity index (χ3v) is 5.51. The van der Waals surface area contributed by atoms with Crippen molar-refractivity contribution in [3.8, 4) is 17.7 Å². The van der Waals surface area contributed by atoms with Gasteiger partial charge < -0.3 is 19.6 Å². The average molecular weight is 437 g/mol. The number of amides is 2. The van der Waals surface area contributed by atoms with Crippen LogP contribution in [0.15, 0.2) is 36.7 Å². The van der Waals surface area contributed by atoms with Crippen molar-refractivity contribution in [2.45, 2.75) is 32.9 Å². The van der Waals surface area contributed by atoms with Gasteiger partial charge in [0.25, 0.3) is 5.91 Å². The number of likely N-dealkylation sites (N-methyl/N-ethyl adjacent to an activating group) is 1. The molecule has 0 unspecified atom stereocenters. The van der Waals surface area contributed by atoms with Gasteiger partial charge >= 0.3 is 0 Å². The fourth-order valence-electron chi connectivity index (χ4n) is 3.36. The zero-order valence-corrected chi connectivity index (χ0v) is 18.8. The Bertz CT molecular complexity index is 1030. The van der Waals surface area contributed by atoms with Gasteiger partial charge in [0.05, 0.1) is 19.2 Å². The monoisotopic (exact) mass is 436 g/mol. The maximum absolute atomic E-state index is 13.4. The lowest BCUT2D eigenvalue weighted by Crippen LogP contribution is -2.50. The van der Waals surface area contributed by atoms with Gasteiger partial charge in [-0.1, -0.05) is 18.9 Å². The Kier molecular flexibility index (Phi) is 7.44. The molecule has 1 aliphatic rings. The van der Waals surface area contributed by atoms with Gasteiger partial charge in [0.1, 0.15) is 17.4 Å². The molecule has 0 aliphatic carbocycles. The van der Waals surface area contributed by atoms with E-state index in [1.54, 1.807) is 48.3 Å². The number of aromatic nitrogens is 2. The molecule has 0 radical (unpaired) electrons. The smallest absolute Gasteiger partial charge is 0.259 e. The maximum Gasteiger partial charge on any atom is 0.259 e. The molecular formula is C24H28N4O4. The van der Waals surface area contributed by atoms with Crippen LogP contribution in [-0.4, -0.2) is 75.6 Å². The number of rotatable bonds is 4. The first-order valence-electron chi connectivity index (χ1n) is 10.5. The lowest BCUT2D eigenvalue weighted by Gasteiger charge is -2.37. The molecule has 2 aromatic rings. The summed E-state index contributed by atoms with van der Waals surface area (Å²) in [5.74, 6) is 5.70. The number of aliphatic hydroxyl groups is 1. The molecule has 0 spiro atoms. The summed E-state index contributed by atoms with van der Waals surface area (Å²) in [6.07, 6.45) is 2.84. The van der Waals surface area contributed by atoms with Gasteiger partial charge in [-0.3, -0.25) is 9.59 Å². The summed E-state index contributed by atoms with van der Waals surface area (Å²) in [6, 6.07) is 6.72. The molecule has 8 heteroatoms. The van der Waals surface area contributed by atoms with E-state index in [0.717, 1.165) is 0 Å². The van der Waals surface area contributed by atoms with Crippen molar-refractivity contribution in [2.24, 2.45) is 5.92 Å². The first kappa shape index (κ1) is 23.2. The molecule has 8 nitrogen and oxygen atoms in total. The van der Waals surface area contributed by atoms with Crippen LogP contribution in [0.4, 0.5) is 0 Å². The maximum atomic E-state index is 13.4. The predicted molar refractivity (Wildman–Crippen MR) is 119 cm³/mol. The van der Waals surface area contributed by atoms with E-state index in [9.17, 15) is 14.7 Å². The van der Waals surface area contributed by atoms with Crippen LogP contribution in [-0.2, 0) is 4.79 Å². The van der Waals surface area contributed by atoms with Gasteiger partial charge in [0.2, 0.25) is 11.8 Å². The largest absolute Gasteiger partial charge is 0.472 e. The van der Waals surface area contributed by atoms with Crippen molar-refractivity contribution in [3.63, 3.8) is 0 Å². The van der Waals surface area contributed by atoms with Gasteiger partial charge in [-0.2, -0.15) is 0 Å². The fourth-order valence-corrected chi connectivity index (χ4v) is 3.36. The highest BCUT2D eigenvalue weighted by atomic mass is 16.5. The lowest BCUT2D eigenvalue weighted by molar-refractivity contribution is -0.129. The second-order valence-electron chi connectivity index (χ2n) is 8.06. The standard InChI is InChI=1S/C24H28N4O4/c1-16-13-28(17(2)15-29)24(31)21-11-19(8-9-20-7-5-6-10-25-20)12-26-23(21)32-22(16)14-27(4)18(3)30/h5-7,10-12,16-17,22,29H,13-15H2,1-4H3/t16-,17-,22-/m1/s1. The first-order chi connectivity index (χ1) is 15.3. The van der Waals surface area contributed by atoms with Crippen molar-refractivity contribution in [3.05, 3.63) is 53.5 Å². The summed E-state index contributed by atoms with van der Waals surface area (Å²) >= 11 is 0. The molecule has 3 atom stereocenters. The minimum Gasteiger partial charge on any atom is -0.472 e. The molecule has 168 valence electrons. The molecular weight excluding hydrogens is 408 g/mol. The molecule has 1 aliphatic heterocycles. The number of carbonyl (C=O) groups excluding carboxylic acids is 2. The Morgan fingerprint density at radius 2 is 2.16 bits per heavy atom. The first-order valence-corrected chi connectivity index (χ1v) is 10.5. The van der Waals surface area contributed by atoms with Crippen LogP contribution >= 0.6 is 0 Å². The van der Waals surface area contributed by atoms with Crippen LogP contribution in [0.3, 0.4) is 0 Å². The van der Waals surface area contributed by atoms with Gasteiger partial charge in [-0.15, -0.1) is 0 Å². The number of aliphatic hydroxyl groups excluding tert-OH is 1. The summed E-state index contributed by atoms with van der Waals surface area (Å²) in [5, 5.41) is 9.73. The summed E-state index contributed by atoms with van der Waals surface area (Å²) in [5.41, 5.74) is 1.44. The topological polar surface area (TPSA) is 95.9 Å². The van der Waals surface area contributed by atoms with Gasteiger partial charge in [-0.05, 0) is 31.0 Å². The Morgan fingerprint density at radius 1 is 1.38 bits per heavy atom. The van der Waals surface area contributed by atoms with E-state index in [1.165, 1.54) is 6.92 Å². The van der Waals surface area contributed by atoms with Gasteiger partial charge in [0.15, 0.2) is 0 Å². The number of nitrogens with zero attached hydrogens (tertiary/aromatic N) is 4. The summed E-state index contributed by atoms with van der Waals surface area (Å²) in [4.78, 5) is 36.9. The third-order valence-electron chi connectivity index (χ3n) is 5.51. The van der Waals surface area contributed by atoms with E-state index in [2.05, 4.69) is 21.8 Å². The molecule has 0 saturated heterocycles. The van der Waals surface area contributed by atoms with Gasteiger partial charge in [-0.25, -0.2) is 9.97 Å². The Labute approximate surface area is 188 Å². The molecule has 32 heavy (non-hydrogen) atoms. The molecule has 1 N–H and O–H groups in total. The van der Waals surface area contributed by atoms with E-state index in [0.29, 0.717) is 24.3 Å². The van der Waals surface area contributed by atoms with E-state index < -0.39 is 0 Å². The molecule has 0 bridgehead atoms. The highest BCUT2D eigenvalue weighted by Gasteiger charge is 2.34. The Hall–Kier alpha value is -3.44. The number of hydrogen-bond donors (Lipinski definition) is 1. The quantitative estimate of drug-likeness (QED) is 0.731. The van der Waals surface area contributed by atoms with Crippen molar-refractivity contribution in [1.29, 1.82) is 0 Å². The number of fused-ring (bicyclic) bond motifs is 1. The minimum atomic E-state index is -0.384. The predicted octanol–water partition coefficient (Wildman–Crippen LogP) is 1.57. The summed E-state index contributed by atoms with van der Waals surface area (Å²) < 4.78 is 6.14. The zero-order chi connectivity index (χ0) is 23.3. The zero-order valence-electron chi connectivity index (χ0n) is 18.8. The van der Waals surface area contributed by atoms with Crippen LogP contribution in [0, 0.1) is 17.8 Å². The highest BCUT2D eigenvalue weighted by Crippen LogP contribution is 2.27. The normalized spacial score (nSPS) is 18.9. The SMILES string of the molecule is CC(=O)N(C)C[C@H]1Oc2ncc(C#Cc3ccccn3)cc2C(=O)N([C@H](C)CO)C[C@H]1C. The van der Waals surface area contributed by atoms with Crippen molar-refractivity contribution in [2.75, 3.05) is 26.7 Å². The van der Waals surface area contributed by atoms with Crippen molar-refractivity contribution in [1.82, 2.24) is 19.8 Å². The molecule has 2 aromatic heterocycles. The number of carbonyl (C=O) groups is 2. The molecule has 3 rings (SSSR count). The summed E-state index contributed by atoms with van der Waals surface area (Å²) in [6.45, 7) is 5.81. The molecule has 2 amide bonds. The minimum absolute atomic E-state index is 0.0761. The Morgan fingerprint density at radius 3 is 2.81 bits per heavy atom. The van der Waals surface area contributed by atoms with Crippen LogP contribution in [0.5, 0.6) is 5.88 Å². The van der Waals surface area contributed by atoms with Crippen LogP contribution in [0.2, 0.25) is 0 Å². The lowest BCUT2D eigenvalue weighted by atomic mass is 10.00. The van der Waals surface area contributed by atoms with E-state index in [4.69, 9.17) is 4.74 Å². The van der Waals surface area contributed by atoms with Crippen molar-refractivity contribution < 1.29 is 19.4 Å². The molecule has 0 saturated carbocycles. The van der Waals surface area contributed by atoms with E-state index in [1.807, 2.05) is 19.1 Å². The average Bonchev–Trinajstić information content (AvgIpc) is 2.80. The van der Waals surface area contributed by atoms with Crippen molar-refractivity contribution >= 4 is 11.8 Å². The number of pyridine rings is 2. The Balaban J connectivity index is 2.00. The van der Waals surface area contributed by atoms with Crippen LogP contribution in [0.1, 0.15) is 42.4 Å². The second kappa shape index (κ2) is 10.2. The van der Waals surface area contributed by atoms with Crippen LogP contribution in [0.25, 0.3) is 0 Å². The number of hydrogen-bond acceptors (Lipinski definition) is 6.